The van der Waals surface area contributed by atoms with E-state index in [0.717, 1.165) is 17.0 Å². The fourth-order valence-electron chi connectivity index (χ4n) is 0.849. The van der Waals surface area contributed by atoms with Crippen molar-refractivity contribution >= 4 is 23.3 Å². The number of hydrogen-bond donors (Lipinski definition) is 0. The van der Waals surface area contributed by atoms with Crippen LogP contribution >= 0.6 is 11.9 Å². The minimum Gasteiger partial charge on any atom is -0.258 e. The zero-order valence-corrected chi connectivity index (χ0v) is 9.45. The predicted molar refractivity (Wildman–Crippen MR) is 62.4 cm³/mol. The van der Waals surface area contributed by atoms with Crippen LogP contribution in [0.25, 0.3) is 0 Å². The van der Waals surface area contributed by atoms with Crippen molar-refractivity contribution in [1.82, 2.24) is 0 Å². The van der Waals surface area contributed by atoms with Crippen molar-refractivity contribution in [2.24, 2.45) is 4.40 Å². The third-order valence-electron chi connectivity index (χ3n) is 1.85. The topological polar surface area (TPSA) is 55.5 Å². The molecule has 15 heavy (non-hydrogen) atoms. The summed E-state index contributed by atoms with van der Waals surface area (Å²) in [7, 11) is 0. The molecule has 0 bridgehead atoms. The molecule has 0 aliphatic carbocycles. The van der Waals surface area contributed by atoms with Crippen LogP contribution in [0.5, 0.6) is 0 Å². The molecule has 0 radical (unpaired) electrons. The summed E-state index contributed by atoms with van der Waals surface area (Å²) in [6.07, 6.45) is 0.891. The molecule has 4 nitrogen and oxygen atoms in total. The largest absolute Gasteiger partial charge is 0.270 e. The number of nitrogens with zero attached hydrogens (tertiary/aromatic N) is 2. The van der Waals surface area contributed by atoms with E-state index in [2.05, 4.69) is 4.40 Å². The van der Waals surface area contributed by atoms with Crippen molar-refractivity contribution in [2.75, 3.05) is 0 Å². The molecule has 0 atom stereocenters. The molecule has 0 unspecified atom stereocenters. The summed E-state index contributed by atoms with van der Waals surface area (Å²) in [5.41, 5.74) is 1.12. The zero-order chi connectivity index (χ0) is 11.3. The lowest BCUT2D eigenvalue weighted by Gasteiger charge is -1.97. The third kappa shape index (κ3) is 3.71. The number of non-ortho nitro benzene ring substituents is 1. The summed E-state index contributed by atoms with van der Waals surface area (Å²) >= 11 is 1.27. The number of hydrogen-bond acceptors (Lipinski definition) is 4. The molecule has 1 aromatic carbocycles. The molecular weight excluding hydrogens is 212 g/mol. The van der Waals surface area contributed by atoms with Gasteiger partial charge in [0.05, 0.1) is 4.92 Å². The van der Waals surface area contributed by atoms with Gasteiger partial charge in [-0.2, -0.15) is 0 Å². The maximum Gasteiger partial charge on any atom is 0.270 e. The lowest BCUT2D eigenvalue weighted by molar-refractivity contribution is -0.385. The van der Waals surface area contributed by atoms with Gasteiger partial charge in [-0.1, -0.05) is 13.0 Å². The lowest BCUT2D eigenvalue weighted by atomic mass is 10.3. The van der Waals surface area contributed by atoms with E-state index >= 15 is 0 Å². The van der Waals surface area contributed by atoms with Gasteiger partial charge < -0.3 is 0 Å². The van der Waals surface area contributed by atoms with Crippen LogP contribution in [-0.2, 0) is 0 Å². The molecule has 0 spiro atoms. The first-order valence-corrected chi connectivity index (χ1v) is 5.35. The molecule has 0 heterocycles. The van der Waals surface area contributed by atoms with Crippen molar-refractivity contribution in [1.29, 1.82) is 0 Å². The predicted octanol–water partition coefficient (Wildman–Crippen LogP) is 3.47. The van der Waals surface area contributed by atoms with Gasteiger partial charge in [0.2, 0.25) is 0 Å². The van der Waals surface area contributed by atoms with E-state index in [1.54, 1.807) is 6.07 Å². The van der Waals surface area contributed by atoms with E-state index < -0.39 is 4.92 Å². The Kier molecular flexibility index (Phi) is 4.30. The Morgan fingerprint density at radius 3 is 2.93 bits per heavy atom. The Balaban J connectivity index is 2.78. The molecule has 5 heteroatoms. The molecule has 0 saturated heterocycles. The van der Waals surface area contributed by atoms with Crippen LogP contribution < -0.4 is 0 Å². The van der Waals surface area contributed by atoms with E-state index in [4.69, 9.17) is 0 Å². The van der Waals surface area contributed by atoms with E-state index in [1.807, 2.05) is 19.9 Å². The number of rotatable bonds is 4. The molecule has 0 aliphatic heterocycles. The van der Waals surface area contributed by atoms with Crippen molar-refractivity contribution < 1.29 is 4.92 Å². The van der Waals surface area contributed by atoms with Gasteiger partial charge in [0.15, 0.2) is 0 Å². The summed E-state index contributed by atoms with van der Waals surface area (Å²) in [5.74, 6) is 0. The minimum absolute atomic E-state index is 0.101. The number of benzene rings is 1. The maximum absolute atomic E-state index is 10.5. The Hall–Kier alpha value is -1.36. The van der Waals surface area contributed by atoms with Gasteiger partial charge in [-0.15, -0.1) is 0 Å². The fourth-order valence-corrected chi connectivity index (χ4v) is 1.55. The quantitative estimate of drug-likeness (QED) is 0.340. The molecular formula is C10H12N2O2S. The first kappa shape index (κ1) is 11.7. The van der Waals surface area contributed by atoms with Crippen molar-refractivity contribution in [3.05, 3.63) is 34.4 Å². The Labute approximate surface area is 92.7 Å². The second-order valence-corrected chi connectivity index (χ2v) is 3.86. The normalized spacial score (nSPS) is 11.5. The van der Waals surface area contributed by atoms with Crippen LogP contribution in [0.4, 0.5) is 5.69 Å². The van der Waals surface area contributed by atoms with Gasteiger partial charge in [-0.05, 0) is 19.4 Å². The zero-order valence-electron chi connectivity index (χ0n) is 8.64. The monoisotopic (exact) mass is 224 g/mol. The first-order valence-electron chi connectivity index (χ1n) is 4.58. The van der Waals surface area contributed by atoms with Gasteiger partial charge in [-0.25, -0.2) is 4.40 Å². The van der Waals surface area contributed by atoms with Crippen LogP contribution in [0.2, 0.25) is 0 Å². The Morgan fingerprint density at radius 2 is 2.33 bits per heavy atom. The van der Waals surface area contributed by atoms with Crippen molar-refractivity contribution in [3.8, 4) is 0 Å². The van der Waals surface area contributed by atoms with Gasteiger partial charge in [0.25, 0.3) is 5.69 Å². The summed E-state index contributed by atoms with van der Waals surface area (Å²) in [6.45, 7) is 3.96. The average Bonchev–Trinajstić information content (AvgIpc) is 2.26. The van der Waals surface area contributed by atoms with E-state index in [0.29, 0.717) is 0 Å². The summed E-state index contributed by atoms with van der Waals surface area (Å²) in [5, 5.41) is 10.5. The molecule has 80 valence electrons. The highest BCUT2D eigenvalue weighted by atomic mass is 32.2. The van der Waals surface area contributed by atoms with Crippen LogP contribution in [0, 0.1) is 10.1 Å². The Morgan fingerprint density at radius 1 is 1.60 bits per heavy atom. The number of nitro benzene ring substituents is 1. The van der Waals surface area contributed by atoms with Crippen molar-refractivity contribution in [2.45, 2.75) is 25.2 Å². The van der Waals surface area contributed by atoms with Crippen LogP contribution in [-0.4, -0.2) is 10.6 Å². The summed E-state index contributed by atoms with van der Waals surface area (Å²) < 4.78 is 4.22. The highest BCUT2D eigenvalue weighted by Gasteiger charge is 2.05. The van der Waals surface area contributed by atoms with Crippen LogP contribution in [0.3, 0.4) is 0 Å². The fraction of sp³-hybridized carbons (Fsp3) is 0.300. The standard InChI is InChI=1S/C10H12N2O2S/c1-3-8(2)11-15-10-6-4-5-9(7-10)12(13)14/h4-7H,3H2,1-2H3/b11-8+. The highest BCUT2D eigenvalue weighted by Crippen LogP contribution is 2.23. The molecule has 0 amide bonds. The van der Waals surface area contributed by atoms with Gasteiger partial charge in [0.1, 0.15) is 0 Å². The van der Waals surface area contributed by atoms with Crippen LogP contribution in [0.15, 0.2) is 33.6 Å². The molecule has 1 rings (SSSR count). The van der Waals surface area contributed by atoms with Gasteiger partial charge >= 0.3 is 0 Å². The van der Waals surface area contributed by atoms with Crippen LogP contribution in [0.1, 0.15) is 20.3 Å². The second-order valence-electron chi connectivity index (χ2n) is 3.03. The second kappa shape index (κ2) is 5.50. The highest BCUT2D eigenvalue weighted by molar-refractivity contribution is 7.98. The summed E-state index contributed by atoms with van der Waals surface area (Å²) in [6, 6.07) is 6.47. The molecule has 0 N–H and O–H groups in total. The number of nitro groups is 1. The Bertz CT molecular complexity index is 391. The van der Waals surface area contributed by atoms with Gasteiger partial charge in [0, 0.05) is 34.7 Å². The molecule has 0 saturated carbocycles. The summed E-state index contributed by atoms with van der Waals surface area (Å²) in [4.78, 5) is 10.9. The van der Waals surface area contributed by atoms with Crippen molar-refractivity contribution in [3.63, 3.8) is 0 Å². The lowest BCUT2D eigenvalue weighted by Crippen LogP contribution is -1.87. The first-order chi connectivity index (χ1) is 7.13. The molecule has 0 fully saturated rings. The smallest absolute Gasteiger partial charge is 0.258 e. The molecule has 1 aromatic rings. The third-order valence-corrected chi connectivity index (χ3v) is 2.71. The maximum atomic E-state index is 10.5. The molecule has 0 aliphatic rings. The average molecular weight is 224 g/mol. The van der Waals surface area contributed by atoms with Gasteiger partial charge in [-0.3, -0.25) is 10.1 Å². The molecule has 0 aromatic heterocycles. The SMILES string of the molecule is CC/C(C)=N/Sc1cccc([N+](=O)[O-])c1. The van der Waals surface area contributed by atoms with E-state index in [1.165, 1.54) is 24.1 Å². The minimum atomic E-state index is -0.402. The van der Waals surface area contributed by atoms with E-state index in [-0.39, 0.29) is 5.69 Å². The van der Waals surface area contributed by atoms with E-state index in [9.17, 15) is 10.1 Å².